The van der Waals surface area contributed by atoms with Crippen LogP contribution in [-0.4, -0.2) is 21.0 Å². The highest BCUT2D eigenvalue weighted by Gasteiger charge is 2.13. The number of pyridine rings is 1. The second-order valence-corrected chi connectivity index (χ2v) is 4.62. The molecule has 0 spiro atoms. The van der Waals surface area contributed by atoms with Gasteiger partial charge in [-0.2, -0.15) is 0 Å². The van der Waals surface area contributed by atoms with Gasteiger partial charge < -0.3 is 9.52 Å². The number of hydrogen-bond acceptors (Lipinski definition) is 5. The first-order valence-corrected chi connectivity index (χ1v) is 6.31. The second-order valence-electron chi connectivity index (χ2n) is 3.76. The highest BCUT2D eigenvalue weighted by Crippen LogP contribution is 2.28. The number of aromatic nitrogens is 2. The summed E-state index contributed by atoms with van der Waals surface area (Å²) in [5.74, 6) is -0.578. The van der Waals surface area contributed by atoms with E-state index in [4.69, 9.17) is 9.52 Å². The molecule has 0 atom stereocenters. The van der Waals surface area contributed by atoms with E-state index in [1.807, 2.05) is 23.6 Å². The molecular formula is C13H8N2O3S. The van der Waals surface area contributed by atoms with Crippen molar-refractivity contribution in [3.8, 4) is 22.2 Å². The fourth-order valence-electron chi connectivity index (χ4n) is 1.58. The summed E-state index contributed by atoms with van der Waals surface area (Å²) in [6.45, 7) is 0. The molecule has 0 aliphatic carbocycles. The van der Waals surface area contributed by atoms with Crippen molar-refractivity contribution in [3.63, 3.8) is 0 Å². The number of carboxylic acids is 1. The average Bonchev–Trinajstić information content (AvgIpc) is 3.09. The number of carbonyl (C=O) groups is 1. The van der Waals surface area contributed by atoms with Gasteiger partial charge in [-0.25, -0.2) is 9.78 Å². The minimum absolute atomic E-state index is 0.113. The monoisotopic (exact) mass is 272 g/mol. The molecular weight excluding hydrogens is 264 g/mol. The van der Waals surface area contributed by atoms with Crippen molar-refractivity contribution in [2.75, 3.05) is 0 Å². The molecule has 0 radical (unpaired) electrons. The standard InChI is InChI=1S/C13H8N2O3S/c16-13(17)8-5-11(18-6-8)10-7-19-12(15-10)9-3-1-2-4-14-9/h1-7H,(H,16,17). The fourth-order valence-corrected chi connectivity index (χ4v) is 2.36. The summed E-state index contributed by atoms with van der Waals surface area (Å²) in [7, 11) is 0. The van der Waals surface area contributed by atoms with Crippen molar-refractivity contribution < 1.29 is 14.3 Å². The number of carboxylic acid groups (broad SMARTS) is 1. The molecule has 0 aliphatic rings. The molecule has 0 aliphatic heterocycles. The Morgan fingerprint density at radius 3 is 2.89 bits per heavy atom. The van der Waals surface area contributed by atoms with E-state index in [9.17, 15) is 4.79 Å². The van der Waals surface area contributed by atoms with Crippen LogP contribution in [0.1, 0.15) is 10.4 Å². The van der Waals surface area contributed by atoms with Crippen LogP contribution in [0.2, 0.25) is 0 Å². The van der Waals surface area contributed by atoms with Crippen LogP contribution in [0.5, 0.6) is 0 Å². The molecule has 19 heavy (non-hydrogen) atoms. The van der Waals surface area contributed by atoms with Crippen molar-refractivity contribution in [1.29, 1.82) is 0 Å². The Morgan fingerprint density at radius 2 is 2.21 bits per heavy atom. The van der Waals surface area contributed by atoms with E-state index >= 15 is 0 Å². The van der Waals surface area contributed by atoms with Crippen molar-refractivity contribution >= 4 is 17.3 Å². The number of aromatic carboxylic acids is 1. The molecule has 3 rings (SSSR count). The van der Waals surface area contributed by atoms with E-state index in [0.29, 0.717) is 11.5 Å². The molecule has 5 nitrogen and oxygen atoms in total. The van der Waals surface area contributed by atoms with Crippen molar-refractivity contribution in [2.24, 2.45) is 0 Å². The van der Waals surface area contributed by atoms with Gasteiger partial charge in [0.25, 0.3) is 0 Å². The van der Waals surface area contributed by atoms with Crippen LogP contribution in [0.15, 0.2) is 46.5 Å². The zero-order chi connectivity index (χ0) is 13.2. The van der Waals surface area contributed by atoms with Crippen LogP contribution in [0, 0.1) is 0 Å². The van der Waals surface area contributed by atoms with Gasteiger partial charge in [-0.1, -0.05) is 6.07 Å². The normalized spacial score (nSPS) is 10.5. The zero-order valence-corrected chi connectivity index (χ0v) is 10.4. The molecule has 0 aromatic carbocycles. The molecule has 0 unspecified atom stereocenters. The van der Waals surface area contributed by atoms with Crippen LogP contribution in [0.3, 0.4) is 0 Å². The van der Waals surface area contributed by atoms with Crippen molar-refractivity contribution in [1.82, 2.24) is 9.97 Å². The highest BCUT2D eigenvalue weighted by atomic mass is 32.1. The van der Waals surface area contributed by atoms with E-state index in [1.165, 1.54) is 23.7 Å². The third-order valence-corrected chi connectivity index (χ3v) is 3.35. The Hall–Kier alpha value is -2.47. The lowest BCUT2D eigenvalue weighted by molar-refractivity contribution is 0.0696. The lowest BCUT2D eigenvalue weighted by Crippen LogP contribution is -1.91. The van der Waals surface area contributed by atoms with Crippen molar-refractivity contribution in [2.45, 2.75) is 0 Å². The maximum atomic E-state index is 10.8. The largest absolute Gasteiger partial charge is 0.478 e. The molecule has 6 heteroatoms. The molecule has 0 saturated heterocycles. The quantitative estimate of drug-likeness (QED) is 0.792. The van der Waals surface area contributed by atoms with Gasteiger partial charge in [0.1, 0.15) is 17.0 Å². The number of thiazole rings is 1. The average molecular weight is 272 g/mol. The van der Waals surface area contributed by atoms with Crippen LogP contribution in [0.25, 0.3) is 22.2 Å². The van der Waals surface area contributed by atoms with Gasteiger partial charge in [0.15, 0.2) is 5.76 Å². The Kier molecular flexibility index (Phi) is 2.85. The van der Waals surface area contributed by atoms with E-state index in [1.54, 1.807) is 6.20 Å². The Morgan fingerprint density at radius 1 is 1.32 bits per heavy atom. The van der Waals surface area contributed by atoms with Crippen molar-refractivity contribution in [3.05, 3.63) is 47.7 Å². The number of hydrogen-bond donors (Lipinski definition) is 1. The van der Waals surface area contributed by atoms with Gasteiger partial charge in [-0.15, -0.1) is 11.3 Å². The predicted molar refractivity (Wildman–Crippen MR) is 70.0 cm³/mol. The van der Waals surface area contributed by atoms with Crippen LogP contribution in [0.4, 0.5) is 0 Å². The minimum atomic E-state index is -1.02. The molecule has 1 N–H and O–H groups in total. The topological polar surface area (TPSA) is 76.2 Å². The summed E-state index contributed by atoms with van der Waals surface area (Å²) >= 11 is 1.43. The SMILES string of the molecule is O=C(O)c1coc(-c2csc(-c3ccccn3)n2)c1. The van der Waals surface area contributed by atoms with E-state index in [2.05, 4.69) is 9.97 Å². The van der Waals surface area contributed by atoms with Crippen LogP contribution >= 0.6 is 11.3 Å². The molecule has 0 amide bonds. The maximum absolute atomic E-state index is 10.8. The summed E-state index contributed by atoms with van der Waals surface area (Å²) < 4.78 is 5.20. The smallest absolute Gasteiger partial charge is 0.338 e. The van der Waals surface area contributed by atoms with Gasteiger partial charge in [0.05, 0.1) is 11.3 Å². The molecule has 94 valence electrons. The van der Waals surface area contributed by atoms with Gasteiger partial charge >= 0.3 is 5.97 Å². The maximum Gasteiger partial charge on any atom is 0.338 e. The molecule has 3 heterocycles. The van der Waals surface area contributed by atoms with Gasteiger partial charge in [0.2, 0.25) is 0 Å². The number of furan rings is 1. The molecule has 0 bridgehead atoms. The zero-order valence-electron chi connectivity index (χ0n) is 9.61. The predicted octanol–water partition coefficient (Wildman–Crippen LogP) is 3.16. The first-order valence-electron chi connectivity index (χ1n) is 5.43. The summed E-state index contributed by atoms with van der Waals surface area (Å²) in [4.78, 5) is 19.4. The Labute approximate surface area is 112 Å². The fraction of sp³-hybridized carbons (Fsp3) is 0. The first-order chi connectivity index (χ1) is 9.24. The second kappa shape index (κ2) is 4.66. The third kappa shape index (κ3) is 2.25. The highest BCUT2D eigenvalue weighted by molar-refractivity contribution is 7.13. The lowest BCUT2D eigenvalue weighted by atomic mass is 10.3. The first kappa shape index (κ1) is 11.6. The summed E-state index contributed by atoms with van der Waals surface area (Å²) in [6.07, 6.45) is 2.91. The Bertz CT molecular complexity index is 718. The molecule has 3 aromatic rings. The lowest BCUT2D eigenvalue weighted by Gasteiger charge is -1.92. The number of nitrogens with zero attached hydrogens (tertiary/aromatic N) is 2. The van der Waals surface area contributed by atoms with Gasteiger partial charge in [-0.05, 0) is 12.1 Å². The third-order valence-electron chi connectivity index (χ3n) is 2.49. The Balaban J connectivity index is 1.94. The molecule has 0 fully saturated rings. The summed E-state index contributed by atoms with van der Waals surface area (Å²) in [6, 6.07) is 7.05. The van der Waals surface area contributed by atoms with E-state index < -0.39 is 5.97 Å². The summed E-state index contributed by atoms with van der Waals surface area (Å²) in [5.41, 5.74) is 1.50. The molecule has 3 aromatic heterocycles. The molecule has 0 saturated carbocycles. The van der Waals surface area contributed by atoms with Crippen LogP contribution in [-0.2, 0) is 0 Å². The van der Waals surface area contributed by atoms with E-state index in [0.717, 1.165) is 10.7 Å². The minimum Gasteiger partial charge on any atom is -0.478 e. The summed E-state index contributed by atoms with van der Waals surface area (Å²) in [5, 5.41) is 11.4. The van der Waals surface area contributed by atoms with Gasteiger partial charge in [0, 0.05) is 17.6 Å². The number of rotatable bonds is 3. The van der Waals surface area contributed by atoms with Gasteiger partial charge in [-0.3, -0.25) is 4.98 Å². The van der Waals surface area contributed by atoms with E-state index in [-0.39, 0.29) is 5.56 Å². The van der Waals surface area contributed by atoms with Crippen LogP contribution < -0.4 is 0 Å².